The van der Waals surface area contributed by atoms with Gasteiger partial charge in [0.05, 0.1) is 36.6 Å². The molecule has 4 aromatic heterocycles. The zero-order valence-corrected chi connectivity index (χ0v) is 24.0. The van der Waals surface area contributed by atoms with Gasteiger partial charge in [-0.05, 0) is 57.0 Å². The van der Waals surface area contributed by atoms with Crippen LogP contribution in [-0.4, -0.2) is 60.0 Å². The summed E-state index contributed by atoms with van der Waals surface area (Å²) in [4.78, 5) is 3.20. The van der Waals surface area contributed by atoms with E-state index in [9.17, 15) is 0 Å². The minimum atomic E-state index is 0.523. The van der Waals surface area contributed by atoms with Gasteiger partial charge >= 0.3 is 0 Å². The average molecular weight is 571 g/mol. The van der Waals surface area contributed by atoms with E-state index in [1.165, 1.54) is 32.7 Å². The Morgan fingerprint density at radius 3 is 1.52 bits per heavy atom. The van der Waals surface area contributed by atoms with Crippen LogP contribution in [0.15, 0.2) is 71.0 Å². The summed E-state index contributed by atoms with van der Waals surface area (Å²) in [6, 6.07) is 16.5. The first-order chi connectivity index (χ1) is 19.4. The summed E-state index contributed by atoms with van der Waals surface area (Å²) in [6.07, 6.45) is 3.53. The molecule has 12 nitrogen and oxygen atoms in total. The number of nitrogens with zero attached hydrogens (tertiary/aromatic N) is 12. The molecule has 0 radical (unpaired) electrons. The average Bonchev–Trinajstić information content (AvgIpc) is 3.71. The lowest BCUT2D eigenvalue weighted by Gasteiger charge is -2.05. The Bertz CT molecular complexity index is 1650. The minimum absolute atomic E-state index is 0.523. The van der Waals surface area contributed by atoms with Crippen molar-refractivity contribution < 1.29 is 0 Å². The zero-order chi connectivity index (χ0) is 27.6. The first-order valence-corrected chi connectivity index (χ1v) is 14.6. The Morgan fingerprint density at radius 2 is 1.10 bits per heavy atom. The molecule has 40 heavy (non-hydrogen) atoms. The molecule has 0 atom stereocenters. The van der Waals surface area contributed by atoms with Crippen molar-refractivity contribution in [2.24, 2.45) is 14.1 Å². The lowest BCUT2D eigenvalue weighted by Crippen LogP contribution is -2.04. The van der Waals surface area contributed by atoms with Crippen LogP contribution >= 0.6 is 21.6 Å². The van der Waals surface area contributed by atoms with Gasteiger partial charge in [0.25, 0.3) is 0 Å². The molecule has 4 heterocycles. The van der Waals surface area contributed by atoms with Crippen LogP contribution in [0.5, 0.6) is 0 Å². The molecule has 0 spiro atoms. The molecule has 0 aliphatic heterocycles. The molecule has 6 rings (SSSR count). The maximum Gasteiger partial charge on any atom is 0.209 e. The largest absolute Gasteiger partial charge is 0.260 e. The van der Waals surface area contributed by atoms with Gasteiger partial charge in [0, 0.05) is 14.1 Å². The smallest absolute Gasteiger partial charge is 0.209 e. The Morgan fingerprint density at radius 1 is 0.650 bits per heavy atom. The third-order valence-electron chi connectivity index (χ3n) is 6.17. The van der Waals surface area contributed by atoms with E-state index >= 15 is 0 Å². The van der Waals surface area contributed by atoms with E-state index in [2.05, 4.69) is 91.3 Å². The second kappa shape index (κ2) is 11.1. The predicted octanol–water partition coefficient (Wildman–Crippen LogP) is 3.97. The van der Waals surface area contributed by atoms with Gasteiger partial charge in [-0.25, -0.2) is 0 Å². The second-order valence-electron chi connectivity index (χ2n) is 9.41. The highest BCUT2D eigenvalue weighted by Crippen LogP contribution is 2.43. The van der Waals surface area contributed by atoms with E-state index in [1.807, 2.05) is 26.2 Å². The first kappa shape index (κ1) is 26.0. The number of rotatable bonds is 9. The Hall–Kier alpha value is -4.30. The number of aryl methyl sites for hydroxylation is 4. The molecule has 0 saturated carbocycles. The van der Waals surface area contributed by atoms with Gasteiger partial charge in [-0.2, -0.15) is 19.8 Å². The van der Waals surface area contributed by atoms with E-state index in [1.54, 1.807) is 31.4 Å². The molecular formula is C26H26N12S2. The summed E-state index contributed by atoms with van der Waals surface area (Å²) >= 11 is 0. The van der Waals surface area contributed by atoms with Crippen molar-refractivity contribution in [1.82, 2.24) is 60.0 Å². The molecule has 0 fully saturated rings. The van der Waals surface area contributed by atoms with Crippen LogP contribution in [0, 0.1) is 13.8 Å². The molecular weight excluding hydrogens is 545 g/mol. The maximum atomic E-state index is 4.62. The molecule has 2 aromatic carbocycles. The standard InChI is InChI=1S/C26H26N12S2/c1-17-7-5-9-19(11-17)15-37-31-23(29-33-37)21-13-27-35(3)25(21)39-40-26-22(14-28-36(26)4)24-30-34-38(32-24)16-20-10-6-8-18(2)12-20/h5-14H,15-16H2,1-4H3. The summed E-state index contributed by atoms with van der Waals surface area (Å²) in [5.41, 5.74) is 6.24. The lowest BCUT2D eigenvalue weighted by atomic mass is 10.1. The quantitative estimate of drug-likeness (QED) is 0.236. The molecule has 0 N–H and O–H groups in total. The Balaban J connectivity index is 1.19. The zero-order valence-electron chi connectivity index (χ0n) is 22.4. The summed E-state index contributed by atoms with van der Waals surface area (Å²) in [5.74, 6) is 1.05. The Kier molecular flexibility index (Phi) is 7.17. The monoisotopic (exact) mass is 570 g/mol. The topological polar surface area (TPSA) is 123 Å². The molecule has 0 amide bonds. The van der Waals surface area contributed by atoms with Crippen LogP contribution in [-0.2, 0) is 27.2 Å². The van der Waals surface area contributed by atoms with Gasteiger partial charge in [-0.1, -0.05) is 59.7 Å². The highest BCUT2D eigenvalue weighted by atomic mass is 33.1. The number of aromatic nitrogens is 12. The van der Waals surface area contributed by atoms with Crippen molar-refractivity contribution in [2.45, 2.75) is 37.0 Å². The fourth-order valence-electron chi connectivity index (χ4n) is 4.22. The molecule has 0 aliphatic carbocycles. The van der Waals surface area contributed by atoms with Crippen molar-refractivity contribution in [3.05, 3.63) is 83.2 Å². The fraction of sp³-hybridized carbons (Fsp3) is 0.231. The van der Waals surface area contributed by atoms with Crippen LogP contribution < -0.4 is 0 Å². The van der Waals surface area contributed by atoms with Crippen LogP contribution in [0.4, 0.5) is 0 Å². The summed E-state index contributed by atoms with van der Waals surface area (Å²) < 4.78 is 3.61. The second-order valence-corrected chi connectivity index (χ2v) is 11.5. The van der Waals surface area contributed by atoms with Gasteiger partial charge in [-0.15, -0.1) is 20.4 Å². The summed E-state index contributed by atoms with van der Waals surface area (Å²) in [6.45, 7) is 5.22. The molecule has 6 aromatic rings. The van der Waals surface area contributed by atoms with Gasteiger partial charge in [0.2, 0.25) is 11.6 Å². The van der Waals surface area contributed by atoms with Crippen molar-refractivity contribution in [2.75, 3.05) is 0 Å². The highest BCUT2D eigenvalue weighted by Gasteiger charge is 2.21. The lowest BCUT2D eigenvalue weighted by molar-refractivity contribution is 0.572. The SMILES string of the molecule is Cc1cccc(Cn2nnc(-c3cnn(C)c3SSc3c(-c4nnn(Cc5cccc(C)c5)n4)cnn3C)n2)c1. The molecule has 0 unspecified atom stereocenters. The third-order valence-corrected chi connectivity index (χ3v) is 8.73. The van der Waals surface area contributed by atoms with Crippen molar-refractivity contribution in [3.63, 3.8) is 0 Å². The van der Waals surface area contributed by atoms with E-state index < -0.39 is 0 Å². The first-order valence-electron chi connectivity index (χ1n) is 12.5. The van der Waals surface area contributed by atoms with Gasteiger partial charge < -0.3 is 0 Å². The van der Waals surface area contributed by atoms with Crippen LogP contribution in [0.2, 0.25) is 0 Å². The predicted molar refractivity (Wildman–Crippen MR) is 152 cm³/mol. The molecule has 0 aliphatic rings. The van der Waals surface area contributed by atoms with E-state index in [0.29, 0.717) is 24.7 Å². The van der Waals surface area contributed by atoms with Crippen molar-refractivity contribution >= 4 is 21.6 Å². The molecule has 0 bridgehead atoms. The fourth-order valence-corrected chi connectivity index (χ4v) is 6.81. The Labute approximate surface area is 238 Å². The molecule has 0 saturated heterocycles. The molecule has 202 valence electrons. The summed E-state index contributed by atoms with van der Waals surface area (Å²) in [5, 5.41) is 37.1. The minimum Gasteiger partial charge on any atom is -0.260 e. The van der Waals surface area contributed by atoms with Crippen LogP contribution in [0.3, 0.4) is 0 Å². The highest BCUT2D eigenvalue weighted by molar-refractivity contribution is 8.76. The van der Waals surface area contributed by atoms with Crippen molar-refractivity contribution in [3.8, 4) is 22.8 Å². The normalized spacial score (nSPS) is 11.4. The third kappa shape index (κ3) is 5.53. The van der Waals surface area contributed by atoms with Crippen LogP contribution in [0.1, 0.15) is 22.3 Å². The van der Waals surface area contributed by atoms with Gasteiger partial charge in [0.15, 0.2) is 0 Å². The number of hydrogen-bond acceptors (Lipinski definition) is 10. The van der Waals surface area contributed by atoms with Gasteiger partial charge in [0.1, 0.15) is 10.1 Å². The maximum absolute atomic E-state index is 4.62. The van der Waals surface area contributed by atoms with E-state index in [4.69, 9.17) is 0 Å². The van der Waals surface area contributed by atoms with E-state index in [0.717, 1.165) is 32.3 Å². The van der Waals surface area contributed by atoms with E-state index in [-0.39, 0.29) is 0 Å². The van der Waals surface area contributed by atoms with Crippen LogP contribution in [0.25, 0.3) is 22.8 Å². The number of hydrogen-bond donors (Lipinski definition) is 0. The summed E-state index contributed by atoms with van der Waals surface area (Å²) in [7, 11) is 6.87. The number of benzene rings is 2. The molecule has 14 heteroatoms. The number of tetrazole rings is 2. The van der Waals surface area contributed by atoms with Crippen molar-refractivity contribution in [1.29, 1.82) is 0 Å². The van der Waals surface area contributed by atoms with Gasteiger partial charge in [-0.3, -0.25) is 9.36 Å².